The largest absolute Gasteiger partial charge is 0.459 e. The van der Waals surface area contributed by atoms with Crippen LogP contribution in [0.1, 0.15) is 49.2 Å². The number of ether oxygens (including phenoxy) is 1. The molecule has 0 amide bonds. The first kappa shape index (κ1) is 27.6. The van der Waals surface area contributed by atoms with E-state index in [1.54, 1.807) is 37.5 Å². The van der Waals surface area contributed by atoms with E-state index in [0.29, 0.717) is 32.7 Å². The molecule has 6 nitrogen and oxygen atoms in total. The molecular formula is C34H30FN3O3S. The SMILES string of the molecule is CC1=C(C(=O)OC(C)C)C(c2ccccc2)n2c(sc(=Cc3c(C)n(Cc4ccccc4F)c4ccccc34)c2=O)=N1. The van der Waals surface area contributed by atoms with Crippen LogP contribution in [0.5, 0.6) is 0 Å². The van der Waals surface area contributed by atoms with Gasteiger partial charge in [-0.2, -0.15) is 0 Å². The third kappa shape index (κ3) is 4.81. The van der Waals surface area contributed by atoms with Crippen molar-refractivity contribution in [3.05, 3.63) is 138 Å². The van der Waals surface area contributed by atoms with E-state index in [0.717, 1.165) is 27.7 Å². The Morgan fingerprint density at radius 2 is 1.71 bits per heavy atom. The first-order valence-corrected chi connectivity index (χ1v) is 14.7. The van der Waals surface area contributed by atoms with Gasteiger partial charge in [-0.25, -0.2) is 14.2 Å². The molecule has 212 valence electrons. The molecule has 1 atom stereocenters. The monoisotopic (exact) mass is 579 g/mol. The molecule has 5 aromatic rings. The highest BCUT2D eigenvalue weighted by molar-refractivity contribution is 7.07. The van der Waals surface area contributed by atoms with Gasteiger partial charge in [0.05, 0.1) is 34.5 Å². The van der Waals surface area contributed by atoms with Crippen molar-refractivity contribution in [2.24, 2.45) is 4.99 Å². The van der Waals surface area contributed by atoms with E-state index in [-0.39, 0.29) is 17.5 Å². The van der Waals surface area contributed by atoms with Gasteiger partial charge in [0.25, 0.3) is 5.56 Å². The molecule has 3 heterocycles. The van der Waals surface area contributed by atoms with Crippen molar-refractivity contribution >= 4 is 34.3 Å². The second-order valence-corrected chi connectivity index (χ2v) is 11.6. The fourth-order valence-electron chi connectivity index (χ4n) is 5.58. The summed E-state index contributed by atoms with van der Waals surface area (Å²) in [5, 5.41) is 0.967. The number of esters is 1. The molecule has 1 unspecified atom stereocenters. The first-order valence-electron chi connectivity index (χ1n) is 13.8. The highest BCUT2D eigenvalue weighted by Gasteiger charge is 2.33. The van der Waals surface area contributed by atoms with Crippen LogP contribution < -0.4 is 14.9 Å². The summed E-state index contributed by atoms with van der Waals surface area (Å²) in [4.78, 5) is 32.7. The van der Waals surface area contributed by atoms with Gasteiger partial charge in [0.15, 0.2) is 4.80 Å². The molecule has 0 saturated heterocycles. The molecule has 1 aliphatic rings. The smallest absolute Gasteiger partial charge is 0.338 e. The van der Waals surface area contributed by atoms with Crippen LogP contribution >= 0.6 is 11.3 Å². The average Bonchev–Trinajstić information content (AvgIpc) is 3.42. The molecule has 0 spiro atoms. The van der Waals surface area contributed by atoms with Gasteiger partial charge in [-0.15, -0.1) is 0 Å². The summed E-state index contributed by atoms with van der Waals surface area (Å²) >= 11 is 1.29. The molecule has 3 aromatic carbocycles. The highest BCUT2D eigenvalue weighted by Crippen LogP contribution is 2.31. The molecule has 2 aromatic heterocycles. The van der Waals surface area contributed by atoms with Crippen LogP contribution in [0.15, 0.2) is 99.9 Å². The number of carbonyl (C=O) groups excluding carboxylic acids is 1. The van der Waals surface area contributed by atoms with E-state index in [1.807, 2.05) is 73.7 Å². The Bertz CT molecular complexity index is 2050. The quantitative estimate of drug-likeness (QED) is 0.245. The number of nitrogens with zero attached hydrogens (tertiary/aromatic N) is 3. The van der Waals surface area contributed by atoms with Gasteiger partial charge < -0.3 is 9.30 Å². The predicted molar refractivity (Wildman–Crippen MR) is 164 cm³/mol. The number of hydrogen-bond acceptors (Lipinski definition) is 5. The molecule has 6 rings (SSSR count). The molecular weight excluding hydrogens is 549 g/mol. The molecule has 8 heteroatoms. The lowest BCUT2D eigenvalue weighted by atomic mass is 9.96. The lowest BCUT2D eigenvalue weighted by molar-refractivity contribution is -0.143. The summed E-state index contributed by atoms with van der Waals surface area (Å²) in [5.74, 6) is -0.742. The van der Waals surface area contributed by atoms with Gasteiger partial charge in [-0.05, 0) is 51.5 Å². The standard InChI is InChI=1S/C34H30FN3O3S/c1-20(2)41-33(40)30-21(3)36-34-38(31(30)23-12-6-5-7-13-23)32(39)29(42-34)18-26-22(4)37(28-17-11-9-15-25(26)28)19-24-14-8-10-16-27(24)35/h5-18,20,31H,19H2,1-4H3. The van der Waals surface area contributed by atoms with Crippen LogP contribution in [-0.2, 0) is 16.1 Å². The van der Waals surface area contributed by atoms with Crippen LogP contribution in [0.4, 0.5) is 4.39 Å². The number of benzene rings is 3. The average molecular weight is 580 g/mol. The van der Waals surface area contributed by atoms with Crippen molar-refractivity contribution in [1.82, 2.24) is 9.13 Å². The summed E-state index contributed by atoms with van der Waals surface area (Å²) in [6.07, 6.45) is 1.58. The summed E-state index contributed by atoms with van der Waals surface area (Å²) in [6.45, 7) is 7.73. The van der Waals surface area contributed by atoms with Gasteiger partial charge in [-0.1, -0.05) is 78.1 Å². The molecule has 0 fully saturated rings. The zero-order valence-electron chi connectivity index (χ0n) is 23.8. The van der Waals surface area contributed by atoms with E-state index < -0.39 is 12.0 Å². The lowest BCUT2D eigenvalue weighted by Gasteiger charge is -2.25. The number of rotatable bonds is 6. The van der Waals surface area contributed by atoms with Crippen molar-refractivity contribution in [2.45, 2.75) is 46.4 Å². The Labute approximate surface area is 246 Å². The molecule has 1 aliphatic heterocycles. The van der Waals surface area contributed by atoms with Crippen LogP contribution in [0.3, 0.4) is 0 Å². The third-order valence-corrected chi connectivity index (χ3v) is 8.52. The van der Waals surface area contributed by atoms with Crippen LogP contribution in [0, 0.1) is 12.7 Å². The van der Waals surface area contributed by atoms with Crippen molar-refractivity contribution in [3.63, 3.8) is 0 Å². The minimum atomic E-state index is -0.667. The highest BCUT2D eigenvalue weighted by atomic mass is 32.1. The second-order valence-electron chi connectivity index (χ2n) is 10.6. The summed E-state index contributed by atoms with van der Waals surface area (Å²) in [7, 11) is 0. The van der Waals surface area contributed by atoms with Crippen molar-refractivity contribution in [1.29, 1.82) is 0 Å². The number of aromatic nitrogens is 2. The van der Waals surface area contributed by atoms with Crippen molar-refractivity contribution < 1.29 is 13.9 Å². The molecule has 0 radical (unpaired) electrons. The zero-order valence-corrected chi connectivity index (χ0v) is 24.6. The summed E-state index contributed by atoms with van der Waals surface area (Å²) < 4.78 is 24.4. The predicted octanol–water partition coefficient (Wildman–Crippen LogP) is 5.64. The molecule has 0 bridgehead atoms. The molecule has 0 saturated carbocycles. The zero-order chi connectivity index (χ0) is 29.5. The molecule has 0 aliphatic carbocycles. The fraction of sp³-hybridized carbons (Fsp3) is 0.206. The minimum Gasteiger partial charge on any atom is -0.459 e. The van der Waals surface area contributed by atoms with Crippen LogP contribution in [-0.4, -0.2) is 21.2 Å². The van der Waals surface area contributed by atoms with Crippen LogP contribution in [0.25, 0.3) is 17.0 Å². The molecule has 0 N–H and O–H groups in total. The maximum Gasteiger partial charge on any atom is 0.338 e. The number of thiazole rings is 1. The van der Waals surface area contributed by atoms with Gasteiger partial charge in [0, 0.05) is 27.7 Å². The first-order chi connectivity index (χ1) is 20.2. The lowest BCUT2D eigenvalue weighted by Crippen LogP contribution is -2.40. The van der Waals surface area contributed by atoms with E-state index >= 15 is 0 Å². The minimum absolute atomic E-state index is 0.236. The van der Waals surface area contributed by atoms with E-state index in [4.69, 9.17) is 9.73 Å². The van der Waals surface area contributed by atoms with Gasteiger partial charge in [0.2, 0.25) is 0 Å². The van der Waals surface area contributed by atoms with Crippen molar-refractivity contribution in [3.8, 4) is 0 Å². The van der Waals surface area contributed by atoms with E-state index in [2.05, 4.69) is 4.57 Å². The number of para-hydroxylation sites is 1. The van der Waals surface area contributed by atoms with E-state index in [9.17, 15) is 14.0 Å². The normalized spacial score (nSPS) is 15.3. The second kappa shape index (κ2) is 11.0. The topological polar surface area (TPSA) is 65.6 Å². The number of carbonyl (C=O) groups is 1. The Morgan fingerprint density at radius 3 is 2.45 bits per heavy atom. The Hall–Kier alpha value is -4.56. The fourth-order valence-corrected chi connectivity index (χ4v) is 6.61. The maximum atomic E-state index is 14.6. The Kier molecular flexibility index (Phi) is 7.24. The van der Waals surface area contributed by atoms with Gasteiger partial charge in [0.1, 0.15) is 5.82 Å². The Morgan fingerprint density at radius 1 is 1.02 bits per heavy atom. The van der Waals surface area contributed by atoms with E-state index in [1.165, 1.54) is 17.4 Å². The number of allylic oxidation sites excluding steroid dienone is 1. The van der Waals surface area contributed by atoms with Gasteiger partial charge in [-0.3, -0.25) is 9.36 Å². The van der Waals surface area contributed by atoms with Crippen molar-refractivity contribution in [2.75, 3.05) is 0 Å². The summed E-state index contributed by atoms with van der Waals surface area (Å²) in [6, 6.07) is 23.5. The third-order valence-electron chi connectivity index (χ3n) is 7.54. The molecule has 42 heavy (non-hydrogen) atoms. The van der Waals surface area contributed by atoms with Gasteiger partial charge >= 0.3 is 5.97 Å². The summed E-state index contributed by atoms with van der Waals surface area (Å²) in [5.41, 5.74) is 4.79. The Balaban J connectivity index is 1.54. The maximum absolute atomic E-state index is 14.6. The number of halogens is 1. The number of fused-ring (bicyclic) bond motifs is 2. The number of hydrogen-bond donors (Lipinski definition) is 0. The van der Waals surface area contributed by atoms with Crippen LogP contribution in [0.2, 0.25) is 0 Å².